The van der Waals surface area contributed by atoms with Crippen molar-refractivity contribution in [2.75, 3.05) is 7.11 Å². The fourth-order valence-electron chi connectivity index (χ4n) is 2.46. The molecule has 0 aliphatic rings. The topological polar surface area (TPSA) is 26.3 Å². The highest BCUT2D eigenvalue weighted by Gasteiger charge is 2.27. The molecule has 0 spiro atoms. The number of carbonyl (C=O) groups excluding carboxylic acids is 1. The zero-order valence-electron chi connectivity index (χ0n) is 15.6. The Labute approximate surface area is 141 Å². The van der Waals surface area contributed by atoms with Gasteiger partial charge in [0.2, 0.25) is 0 Å². The molecule has 2 nitrogen and oxygen atoms in total. The van der Waals surface area contributed by atoms with Crippen LogP contribution < -0.4 is 4.74 Å². The third-order valence-electron chi connectivity index (χ3n) is 3.73. The second-order valence-corrected chi connectivity index (χ2v) is 7.91. The number of aldehydes is 1. The van der Waals surface area contributed by atoms with Crippen LogP contribution in [0.25, 0.3) is 6.08 Å². The van der Waals surface area contributed by atoms with E-state index in [1.807, 2.05) is 12.2 Å². The lowest BCUT2D eigenvalue weighted by Crippen LogP contribution is -2.19. The minimum Gasteiger partial charge on any atom is -0.496 e. The highest BCUT2D eigenvalue weighted by atomic mass is 16.5. The van der Waals surface area contributed by atoms with Crippen LogP contribution in [0.1, 0.15) is 71.1 Å². The maximum Gasteiger partial charge on any atom is 0.126 e. The van der Waals surface area contributed by atoms with Crippen LogP contribution >= 0.6 is 0 Å². The van der Waals surface area contributed by atoms with Crippen LogP contribution in [-0.4, -0.2) is 13.4 Å². The Balaban J connectivity index is 3.44. The molecular weight excluding hydrogens is 284 g/mol. The van der Waals surface area contributed by atoms with Gasteiger partial charge in [-0.1, -0.05) is 41.5 Å². The van der Waals surface area contributed by atoms with Gasteiger partial charge in [0.1, 0.15) is 12.0 Å². The van der Waals surface area contributed by atoms with Crippen molar-refractivity contribution in [3.05, 3.63) is 40.6 Å². The molecule has 0 bridgehead atoms. The molecule has 0 fully saturated rings. The number of hydrogen-bond acceptors (Lipinski definition) is 2. The highest BCUT2D eigenvalue weighted by molar-refractivity contribution is 5.59. The summed E-state index contributed by atoms with van der Waals surface area (Å²) in [5, 5.41) is 0. The molecule has 0 heterocycles. The molecule has 2 heteroatoms. The average Bonchev–Trinajstić information content (AvgIpc) is 2.44. The zero-order chi connectivity index (χ0) is 17.7. The Morgan fingerprint density at radius 1 is 1.00 bits per heavy atom. The first-order valence-corrected chi connectivity index (χ1v) is 8.19. The van der Waals surface area contributed by atoms with E-state index in [0.29, 0.717) is 6.42 Å². The van der Waals surface area contributed by atoms with Crippen LogP contribution in [0.5, 0.6) is 5.75 Å². The summed E-state index contributed by atoms with van der Waals surface area (Å²) >= 11 is 0. The predicted octanol–water partition coefficient (Wildman–Crippen LogP) is 5.44. The molecule has 0 aliphatic carbocycles. The summed E-state index contributed by atoms with van der Waals surface area (Å²) in [5.41, 5.74) is 6.69. The van der Waals surface area contributed by atoms with Crippen molar-refractivity contribution in [3.8, 4) is 5.75 Å². The molecule has 0 amide bonds. The van der Waals surface area contributed by atoms with Gasteiger partial charge in [0, 0.05) is 17.5 Å². The molecule has 0 unspecified atom stereocenters. The SMILES string of the molecule is COc1c(C(C)(C)C)cc(C=C=CCCC=O)cc1C(C)(C)C. The van der Waals surface area contributed by atoms with Crippen molar-refractivity contribution in [3.63, 3.8) is 0 Å². The number of methoxy groups -OCH3 is 1. The number of ether oxygens (including phenoxy) is 1. The predicted molar refractivity (Wildman–Crippen MR) is 98.2 cm³/mol. The Morgan fingerprint density at radius 3 is 1.91 bits per heavy atom. The molecule has 0 aliphatic heterocycles. The standard InChI is InChI=1S/C21H30O2/c1-20(2,3)17-14-16(12-10-8-9-11-13-22)15-18(19(17)23-7)21(4,5)6/h8,12-15H,9,11H2,1-7H3. The summed E-state index contributed by atoms with van der Waals surface area (Å²) in [6.07, 6.45) is 6.10. The summed E-state index contributed by atoms with van der Waals surface area (Å²) in [6.45, 7) is 13.2. The summed E-state index contributed by atoms with van der Waals surface area (Å²) in [4.78, 5) is 10.3. The van der Waals surface area contributed by atoms with Gasteiger partial charge < -0.3 is 9.53 Å². The van der Waals surface area contributed by atoms with Crippen LogP contribution in [0.15, 0.2) is 23.9 Å². The molecule has 23 heavy (non-hydrogen) atoms. The van der Waals surface area contributed by atoms with Crippen molar-refractivity contribution >= 4 is 12.4 Å². The van der Waals surface area contributed by atoms with Crippen molar-refractivity contribution in [1.82, 2.24) is 0 Å². The number of hydrogen-bond donors (Lipinski definition) is 0. The van der Waals surface area contributed by atoms with E-state index in [2.05, 4.69) is 59.4 Å². The van der Waals surface area contributed by atoms with Gasteiger partial charge in [-0.25, -0.2) is 0 Å². The minimum atomic E-state index is -0.00355. The smallest absolute Gasteiger partial charge is 0.126 e. The van der Waals surface area contributed by atoms with Gasteiger partial charge in [-0.3, -0.25) is 0 Å². The lowest BCUT2D eigenvalue weighted by Gasteiger charge is -2.29. The van der Waals surface area contributed by atoms with Gasteiger partial charge in [0.05, 0.1) is 7.11 Å². The van der Waals surface area contributed by atoms with E-state index < -0.39 is 0 Å². The zero-order valence-corrected chi connectivity index (χ0v) is 15.6. The van der Waals surface area contributed by atoms with Crippen LogP contribution in [0.2, 0.25) is 0 Å². The Bertz CT molecular complexity index is 569. The number of rotatable bonds is 5. The summed E-state index contributed by atoms with van der Waals surface area (Å²) < 4.78 is 5.76. The van der Waals surface area contributed by atoms with Crippen LogP contribution in [-0.2, 0) is 15.6 Å². The maximum absolute atomic E-state index is 10.3. The molecule has 0 atom stereocenters. The molecule has 126 valence electrons. The van der Waals surface area contributed by atoms with Crippen molar-refractivity contribution in [2.45, 2.75) is 65.2 Å². The number of carbonyl (C=O) groups is 1. The fraction of sp³-hybridized carbons (Fsp3) is 0.524. The molecule has 0 radical (unpaired) electrons. The lowest BCUT2D eigenvalue weighted by atomic mass is 9.78. The van der Waals surface area contributed by atoms with Crippen LogP contribution in [0.4, 0.5) is 0 Å². The van der Waals surface area contributed by atoms with Crippen molar-refractivity contribution < 1.29 is 9.53 Å². The van der Waals surface area contributed by atoms with E-state index in [0.717, 1.165) is 24.0 Å². The number of unbranched alkanes of at least 4 members (excludes halogenated alkanes) is 1. The third kappa shape index (κ3) is 5.41. The van der Waals surface area contributed by atoms with E-state index in [1.54, 1.807) is 7.11 Å². The highest BCUT2D eigenvalue weighted by Crippen LogP contribution is 2.40. The van der Waals surface area contributed by atoms with Gasteiger partial charge in [0.15, 0.2) is 0 Å². The molecule has 0 N–H and O–H groups in total. The van der Waals surface area contributed by atoms with E-state index >= 15 is 0 Å². The fourth-order valence-corrected chi connectivity index (χ4v) is 2.46. The van der Waals surface area contributed by atoms with Crippen molar-refractivity contribution in [1.29, 1.82) is 0 Å². The van der Waals surface area contributed by atoms with E-state index in [4.69, 9.17) is 4.74 Å². The third-order valence-corrected chi connectivity index (χ3v) is 3.73. The lowest BCUT2D eigenvalue weighted by molar-refractivity contribution is -0.107. The van der Waals surface area contributed by atoms with Crippen LogP contribution in [0.3, 0.4) is 0 Å². The monoisotopic (exact) mass is 314 g/mol. The van der Waals surface area contributed by atoms with Gasteiger partial charge in [-0.15, -0.1) is 5.73 Å². The van der Waals surface area contributed by atoms with E-state index in [-0.39, 0.29) is 10.8 Å². The van der Waals surface area contributed by atoms with Gasteiger partial charge in [-0.05, 0) is 47.1 Å². The summed E-state index contributed by atoms with van der Waals surface area (Å²) in [7, 11) is 1.74. The minimum absolute atomic E-state index is 0.00355. The maximum atomic E-state index is 10.3. The molecule has 1 aromatic rings. The normalized spacial score (nSPS) is 11.6. The van der Waals surface area contributed by atoms with Gasteiger partial charge >= 0.3 is 0 Å². The molecule has 0 saturated heterocycles. The first-order chi connectivity index (χ1) is 10.6. The van der Waals surface area contributed by atoms with Crippen molar-refractivity contribution in [2.24, 2.45) is 0 Å². The van der Waals surface area contributed by atoms with E-state index in [1.165, 1.54) is 11.1 Å². The Hall–Kier alpha value is -1.79. The molecule has 1 rings (SSSR count). The average molecular weight is 314 g/mol. The van der Waals surface area contributed by atoms with Crippen LogP contribution in [0, 0.1) is 0 Å². The van der Waals surface area contributed by atoms with Gasteiger partial charge in [-0.2, -0.15) is 0 Å². The Kier molecular flexibility index (Phi) is 6.41. The number of allylic oxidation sites excluding steroid dienone is 1. The molecule has 0 saturated carbocycles. The number of benzene rings is 1. The second kappa shape index (κ2) is 7.66. The van der Waals surface area contributed by atoms with Gasteiger partial charge in [0.25, 0.3) is 0 Å². The summed E-state index contributed by atoms with van der Waals surface area (Å²) in [5.74, 6) is 0.979. The first kappa shape index (κ1) is 19.3. The summed E-state index contributed by atoms with van der Waals surface area (Å²) in [6, 6.07) is 4.35. The largest absolute Gasteiger partial charge is 0.496 e. The molecule has 0 aromatic heterocycles. The molecule has 1 aromatic carbocycles. The first-order valence-electron chi connectivity index (χ1n) is 8.19. The van der Waals surface area contributed by atoms with E-state index in [9.17, 15) is 4.79 Å². The second-order valence-electron chi connectivity index (χ2n) is 7.91. The molecular formula is C21H30O2. The quantitative estimate of drug-likeness (QED) is 0.411. The Morgan fingerprint density at radius 2 is 1.52 bits per heavy atom.